The van der Waals surface area contributed by atoms with Crippen LogP contribution in [0.15, 0.2) is 52.4 Å². The van der Waals surface area contributed by atoms with Gasteiger partial charge >= 0.3 is 5.69 Å². The molecular weight excluding hydrogens is 588 g/mol. The molecule has 0 radical (unpaired) electrons. The van der Waals surface area contributed by atoms with Gasteiger partial charge in [0.15, 0.2) is 0 Å². The normalized spacial score (nSPS) is 11.8. The van der Waals surface area contributed by atoms with Crippen LogP contribution in [0, 0.1) is 20.2 Å². The number of hydrogen-bond acceptors (Lipinski definition) is 13. The zero-order valence-corrected chi connectivity index (χ0v) is 27.9. The maximum absolute atomic E-state index is 11.8. The van der Waals surface area contributed by atoms with Crippen molar-refractivity contribution < 1.29 is 24.1 Å². The van der Waals surface area contributed by atoms with E-state index in [2.05, 4.69) is 54.4 Å². The van der Waals surface area contributed by atoms with Crippen LogP contribution in [-0.2, 0) is 20.8 Å². The summed E-state index contributed by atoms with van der Waals surface area (Å²) in [5.74, 6) is 0.437. The van der Waals surface area contributed by atoms with Crippen molar-refractivity contribution in [2.24, 2.45) is 0 Å². The van der Waals surface area contributed by atoms with E-state index in [9.17, 15) is 25.0 Å². The molecule has 16 nitrogen and oxygen atoms in total. The summed E-state index contributed by atoms with van der Waals surface area (Å²) in [7, 11) is 0. The summed E-state index contributed by atoms with van der Waals surface area (Å²) in [6.07, 6.45) is 8.88. The van der Waals surface area contributed by atoms with Gasteiger partial charge in [0.2, 0.25) is 0 Å². The number of aromatic nitrogens is 2. The molecule has 0 bridgehead atoms. The lowest BCUT2D eigenvalue weighted by Gasteiger charge is -2.11. The first kappa shape index (κ1) is 43.4. The van der Waals surface area contributed by atoms with Crippen LogP contribution >= 0.6 is 0 Å². The van der Waals surface area contributed by atoms with Gasteiger partial charge in [-0.2, -0.15) is 4.98 Å². The van der Waals surface area contributed by atoms with Gasteiger partial charge in [0.1, 0.15) is 18.2 Å². The molecule has 0 unspecified atom stereocenters. The van der Waals surface area contributed by atoms with Gasteiger partial charge in [-0.3, -0.25) is 24.8 Å². The summed E-state index contributed by atoms with van der Waals surface area (Å²) >= 11 is 0. The number of nitro groups is 2. The lowest BCUT2D eigenvalue weighted by atomic mass is 10.3. The third-order valence-corrected chi connectivity index (χ3v) is 4.68. The molecule has 0 atom stereocenters. The molecule has 0 amide bonds. The lowest BCUT2D eigenvalue weighted by molar-refractivity contribution is -0.432. The number of nitrogens with one attached hydrogen (secondary N) is 4. The molecule has 0 saturated carbocycles. The van der Waals surface area contributed by atoms with E-state index in [0.717, 1.165) is 12.5 Å². The second-order valence-corrected chi connectivity index (χ2v) is 8.86. The van der Waals surface area contributed by atoms with E-state index in [1.54, 1.807) is 16.8 Å². The molecule has 1 aliphatic carbocycles. The van der Waals surface area contributed by atoms with Crippen molar-refractivity contribution in [1.82, 2.24) is 25.8 Å². The average molecular weight is 643 g/mol. The van der Waals surface area contributed by atoms with Gasteiger partial charge in [-0.15, -0.1) is 0 Å². The van der Waals surface area contributed by atoms with E-state index in [0.29, 0.717) is 45.3 Å². The minimum absolute atomic E-state index is 0.0269. The molecule has 4 N–H and O–H groups in total. The Bertz CT molecular complexity index is 1070. The van der Waals surface area contributed by atoms with Gasteiger partial charge < -0.3 is 25.1 Å². The third kappa shape index (κ3) is 22.5. The molecule has 0 spiro atoms. The molecule has 0 saturated heterocycles. The number of rotatable bonds is 19. The summed E-state index contributed by atoms with van der Waals surface area (Å²) in [5, 5.41) is 22.1. The first-order valence-electron chi connectivity index (χ1n) is 15.4. The first-order chi connectivity index (χ1) is 21.7. The number of nitrogens with zero attached hydrogens (tertiary/aromatic N) is 4. The Morgan fingerprint density at radius 2 is 1.47 bits per heavy atom. The van der Waals surface area contributed by atoms with Crippen LogP contribution in [0.1, 0.15) is 74.1 Å². The number of aryl methyl sites for hydroxylation is 1. The second kappa shape index (κ2) is 30.3. The van der Waals surface area contributed by atoms with Crippen molar-refractivity contribution in [3.8, 4) is 0 Å². The van der Waals surface area contributed by atoms with E-state index >= 15 is 0 Å². The minimum atomic E-state index is -0.696. The van der Waals surface area contributed by atoms with E-state index in [1.807, 2.05) is 20.8 Å². The summed E-state index contributed by atoms with van der Waals surface area (Å²) in [4.78, 5) is 36.5. The molecule has 1 aromatic heterocycles. The zero-order chi connectivity index (χ0) is 34.3. The first-order valence-corrected chi connectivity index (χ1v) is 15.4. The van der Waals surface area contributed by atoms with E-state index in [-0.39, 0.29) is 36.8 Å². The number of hydrogen-bond donors (Lipinski definition) is 4. The SMILES string of the molecule is CC.CCC.CCC.CCCn1ccc(NNCCOCCOCCOCNNC2=CCC=C([N+](=O)[O-])C=C2[N+](=O)[O-])nc1=O. The molecule has 0 fully saturated rings. The van der Waals surface area contributed by atoms with Crippen molar-refractivity contribution in [2.75, 3.05) is 51.7 Å². The molecular formula is C29H54N8O8. The van der Waals surface area contributed by atoms with Gasteiger partial charge in [0.25, 0.3) is 11.4 Å². The van der Waals surface area contributed by atoms with Crippen LogP contribution < -0.4 is 27.4 Å². The van der Waals surface area contributed by atoms with Gasteiger partial charge in [0.05, 0.1) is 49.0 Å². The summed E-state index contributed by atoms with van der Waals surface area (Å²) in [6.45, 7) is 17.4. The van der Waals surface area contributed by atoms with E-state index in [4.69, 9.17) is 14.2 Å². The standard InChI is InChI=1S/C21H32N8O8.2C3H8.C2H6/c1-2-8-27-9-6-20(24-21(27)30)26-22-7-10-35-11-12-36-13-14-37-16-23-25-18-5-3-4-17(28(31)32)15-19(18)29(33)34;2*1-3-2;1-2/h4-6,9,15,22-23,25H,2-3,7-8,10-14,16H2,1H3,(H,24,26,30);2*3H2,1-2H3;1-2H3. The van der Waals surface area contributed by atoms with Crippen LogP contribution in [0.2, 0.25) is 0 Å². The van der Waals surface area contributed by atoms with Gasteiger partial charge in [0, 0.05) is 19.3 Å². The highest BCUT2D eigenvalue weighted by Crippen LogP contribution is 2.17. The van der Waals surface area contributed by atoms with Gasteiger partial charge in [-0.05, 0) is 31.1 Å². The summed E-state index contributed by atoms with van der Waals surface area (Å²) < 4.78 is 17.7. The van der Waals surface area contributed by atoms with Crippen molar-refractivity contribution >= 4 is 5.82 Å². The molecule has 258 valence electrons. The predicted octanol–water partition coefficient (Wildman–Crippen LogP) is 4.14. The van der Waals surface area contributed by atoms with Gasteiger partial charge in [-0.1, -0.05) is 61.3 Å². The lowest BCUT2D eigenvalue weighted by Crippen LogP contribution is -2.35. The fourth-order valence-corrected chi connectivity index (χ4v) is 2.95. The quantitative estimate of drug-likeness (QED) is 0.0728. The van der Waals surface area contributed by atoms with Crippen LogP contribution in [0.4, 0.5) is 5.82 Å². The highest BCUT2D eigenvalue weighted by molar-refractivity contribution is 5.32. The smallest absolute Gasteiger partial charge is 0.349 e. The average Bonchev–Trinajstić information content (AvgIpc) is 3.24. The van der Waals surface area contributed by atoms with Gasteiger partial charge in [-0.25, -0.2) is 15.6 Å². The van der Waals surface area contributed by atoms with Crippen LogP contribution in [-0.4, -0.2) is 65.7 Å². The van der Waals surface area contributed by atoms with Crippen molar-refractivity contribution in [1.29, 1.82) is 0 Å². The molecule has 45 heavy (non-hydrogen) atoms. The Hall–Kier alpha value is -3.70. The fourth-order valence-electron chi connectivity index (χ4n) is 2.95. The van der Waals surface area contributed by atoms with Crippen molar-refractivity contribution in [3.05, 3.63) is 78.3 Å². The Balaban J connectivity index is 0. The van der Waals surface area contributed by atoms with Crippen LogP contribution in [0.5, 0.6) is 0 Å². The Morgan fingerprint density at radius 3 is 2.02 bits per heavy atom. The summed E-state index contributed by atoms with van der Waals surface area (Å²) in [5.41, 5.74) is 10.1. The number of anilines is 1. The number of allylic oxidation sites excluding steroid dienone is 3. The monoisotopic (exact) mass is 642 g/mol. The summed E-state index contributed by atoms with van der Waals surface area (Å²) in [6, 6.07) is 1.72. The molecule has 16 heteroatoms. The molecule has 0 aromatic carbocycles. The molecule has 1 aliphatic rings. The second-order valence-electron chi connectivity index (χ2n) is 8.86. The molecule has 0 aliphatic heterocycles. The number of ether oxygens (including phenoxy) is 3. The Morgan fingerprint density at radius 1 is 0.867 bits per heavy atom. The maximum atomic E-state index is 11.8. The Kier molecular flexibility index (Phi) is 29.3. The third-order valence-electron chi connectivity index (χ3n) is 4.68. The zero-order valence-electron chi connectivity index (χ0n) is 27.9. The van der Waals surface area contributed by atoms with E-state index in [1.165, 1.54) is 25.0 Å². The topological polar surface area (TPSA) is 197 Å². The largest absolute Gasteiger partial charge is 0.378 e. The van der Waals surface area contributed by atoms with E-state index < -0.39 is 15.5 Å². The highest BCUT2D eigenvalue weighted by Gasteiger charge is 2.23. The number of hydrazine groups is 2. The molecule has 1 heterocycles. The fraction of sp³-hybridized carbons (Fsp3) is 0.655. The van der Waals surface area contributed by atoms with Crippen LogP contribution in [0.25, 0.3) is 0 Å². The Labute approximate surface area is 266 Å². The van der Waals surface area contributed by atoms with Crippen LogP contribution in [0.3, 0.4) is 0 Å². The van der Waals surface area contributed by atoms with Crippen molar-refractivity contribution in [2.45, 2.75) is 80.7 Å². The molecule has 1 aromatic rings. The predicted molar refractivity (Wildman–Crippen MR) is 175 cm³/mol. The minimum Gasteiger partial charge on any atom is -0.378 e. The molecule has 2 rings (SSSR count). The highest BCUT2D eigenvalue weighted by atomic mass is 16.6. The van der Waals surface area contributed by atoms with Crippen molar-refractivity contribution in [3.63, 3.8) is 0 Å². The maximum Gasteiger partial charge on any atom is 0.349 e.